The van der Waals surface area contributed by atoms with Gasteiger partial charge in [-0.1, -0.05) is 18.2 Å². The van der Waals surface area contributed by atoms with Gasteiger partial charge in [0.25, 0.3) is 0 Å². The van der Waals surface area contributed by atoms with Crippen molar-refractivity contribution >= 4 is 18.4 Å². The summed E-state index contributed by atoms with van der Waals surface area (Å²) in [4.78, 5) is 11.6. The first kappa shape index (κ1) is 12.4. The van der Waals surface area contributed by atoms with E-state index in [1.165, 1.54) is 12.3 Å². The van der Waals surface area contributed by atoms with Crippen LogP contribution in [0.5, 0.6) is 5.75 Å². The molecule has 0 bridgehead atoms. The van der Waals surface area contributed by atoms with E-state index in [1.807, 2.05) is 0 Å². The molecule has 0 aliphatic carbocycles. The average molecular weight is 246 g/mol. The topological polar surface area (TPSA) is 79.9 Å². The molecule has 2 aromatic rings. The molecule has 1 aromatic carbocycles. The Bertz CT molecular complexity index is 521. The quantitative estimate of drug-likeness (QED) is 0.582. The maximum atomic E-state index is 11.6. The third-order valence-corrected chi connectivity index (χ3v) is 2.35. The molecule has 92 valence electrons. The van der Waals surface area contributed by atoms with Crippen LogP contribution < -0.4 is 10.2 Å². The monoisotopic (exact) mass is 246 g/mol. The smallest absolute Gasteiger partial charge is 0.486 e. The van der Waals surface area contributed by atoms with Crippen molar-refractivity contribution < 1.29 is 24.0 Å². The Kier molecular flexibility index (Phi) is 3.81. The first-order chi connectivity index (χ1) is 8.68. The lowest BCUT2D eigenvalue weighted by Gasteiger charge is -2.09. The van der Waals surface area contributed by atoms with Crippen LogP contribution in [0.2, 0.25) is 0 Å². The van der Waals surface area contributed by atoms with Gasteiger partial charge >= 0.3 is 7.12 Å². The lowest BCUT2D eigenvalue weighted by Crippen LogP contribution is -2.31. The van der Waals surface area contributed by atoms with E-state index < -0.39 is 7.12 Å². The second-order valence-electron chi connectivity index (χ2n) is 3.60. The van der Waals surface area contributed by atoms with Crippen LogP contribution >= 0.6 is 0 Å². The Balaban J connectivity index is 2.04. The number of benzene rings is 1. The van der Waals surface area contributed by atoms with Gasteiger partial charge in [-0.15, -0.1) is 0 Å². The molecular formula is C12H11BO5. The number of ketones is 1. The SMILES string of the molecule is O=C(COc1ccccc1B(O)O)c1ccco1. The number of carbonyl (C=O) groups is 1. The molecule has 0 atom stereocenters. The molecular weight excluding hydrogens is 235 g/mol. The number of Topliss-reactive ketones (excluding diaryl/α,β-unsaturated/α-hetero) is 1. The molecule has 0 unspecified atom stereocenters. The highest BCUT2D eigenvalue weighted by molar-refractivity contribution is 6.59. The van der Waals surface area contributed by atoms with Crippen molar-refractivity contribution in [2.75, 3.05) is 6.61 Å². The maximum absolute atomic E-state index is 11.6. The van der Waals surface area contributed by atoms with E-state index in [4.69, 9.17) is 19.2 Å². The van der Waals surface area contributed by atoms with Gasteiger partial charge in [0.15, 0.2) is 12.4 Å². The van der Waals surface area contributed by atoms with E-state index in [2.05, 4.69) is 0 Å². The molecule has 6 heteroatoms. The fraction of sp³-hybridized carbons (Fsp3) is 0.0833. The van der Waals surface area contributed by atoms with Crippen molar-refractivity contribution in [2.45, 2.75) is 0 Å². The van der Waals surface area contributed by atoms with Crippen molar-refractivity contribution in [3.63, 3.8) is 0 Å². The normalized spacial score (nSPS) is 10.1. The van der Waals surface area contributed by atoms with Crippen molar-refractivity contribution in [1.29, 1.82) is 0 Å². The summed E-state index contributed by atoms with van der Waals surface area (Å²) >= 11 is 0. The van der Waals surface area contributed by atoms with Crippen LogP contribution in [0.4, 0.5) is 0 Å². The summed E-state index contributed by atoms with van der Waals surface area (Å²) in [6.07, 6.45) is 1.40. The molecule has 0 radical (unpaired) electrons. The summed E-state index contributed by atoms with van der Waals surface area (Å²) < 4.78 is 10.2. The van der Waals surface area contributed by atoms with Crippen LogP contribution in [0, 0.1) is 0 Å². The van der Waals surface area contributed by atoms with Gasteiger partial charge in [0.1, 0.15) is 5.75 Å². The largest absolute Gasteiger partial charge is 0.492 e. The third-order valence-electron chi connectivity index (χ3n) is 2.35. The summed E-state index contributed by atoms with van der Waals surface area (Å²) in [7, 11) is -1.64. The summed E-state index contributed by atoms with van der Waals surface area (Å²) in [5.41, 5.74) is 0.213. The summed E-state index contributed by atoms with van der Waals surface area (Å²) in [6.45, 7) is -0.225. The fourth-order valence-corrected chi connectivity index (χ4v) is 1.48. The number of para-hydroxylation sites is 1. The van der Waals surface area contributed by atoms with E-state index >= 15 is 0 Å². The average Bonchev–Trinajstić information content (AvgIpc) is 2.90. The molecule has 1 aromatic heterocycles. The van der Waals surface area contributed by atoms with Crippen molar-refractivity contribution in [3.05, 3.63) is 48.4 Å². The molecule has 1 heterocycles. The van der Waals surface area contributed by atoms with Gasteiger partial charge in [-0.25, -0.2) is 0 Å². The standard InChI is InChI=1S/C12H11BO5/c14-10(12-6-3-7-17-12)8-18-11-5-2-1-4-9(11)13(15)16/h1-7,15-16H,8H2. The number of hydrogen-bond acceptors (Lipinski definition) is 5. The minimum atomic E-state index is -1.64. The molecule has 0 saturated heterocycles. The van der Waals surface area contributed by atoms with E-state index in [1.54, 1.807) is 30.3 Å². The van der Waals surface area contributed by atoms with Crippen LogP contribution in [0.15, 0.2) is 47.1 Å². The van der Waals surface area contributed by atoms with Gasteiger partial charge in [0.05, 0.1) is 6.26 Å². The lowest BCUT2D eigenvalue weighted by molar-refractivity contribution is 0.0894. The zero-order valence-electron chi connectivity index (χ0n) is 9.45. The minimum absolute atomic E-state index is 0.206. The van der Waals surface area contributed by atoms with E-state index in [9.17, 15) is 4.79 Å². The highest BCUT2D eigenvalue weighted by Crippen LogP contribution is 2.08. The predicted octanol–water partition coefficient (Wildman–Crippen LogP) is 0.221. The number of rotatable bonds is 5. The zero-order chi connectivity index (χ0) is 13.0. The van der Waals surface area contributed by atoms with Crippen molar-refractivity contribution in [3.8, 4) is 5.75 Å². The zero-order valence-corrected chi connectivity index (χ0v) is 9.45. The van der Waals surface area contributed by atoms with Gasteiger partial charge in [0, 0.05) is 5.46 Å². The van der Waals surface area contributed by atoms with E-state index in [0.29, 0.717) is 0 Å². The van der Waals surface area contributed by atoms with Crippen LogP contribution in [-0.4, -0.2) is 29.6 Å². The van der Waals surface area contributed by atoms with Crippen molar-refractivity contribution in [1.82, 2.24) is 0 Å². The third kappa shape index (κ3) is 2.79. The second kappa shape index (κ2) is 5.53. The highest BCUT2D eigenvalue weighted by Gasteiger charge is 2.17. The van der Waals surface area contributed by atoms with Gasteiger partial charge in [-0.05, 0) is 18.2 Å². The van der Waals surface area contributed by atoms with Gasteiger partial charge in [-0.2, -0.15) is 0 Å². The molecule has 2 rings (SSSR count). The predicted molar refractivity (Wildman–Crippen MR) is 64.8 cm³/mol. The lowest BCUT2D eigenvalue weighted by atomic mass is 9.79. The molecule has 0 amide bonds. The summed E-state index contributed by atoms with van der Waals surface area (Å²) in [5, 5.41) is 18.3. The molecule has 0 spiro atoms. The van der Waals surface area contributed by atoms with E-state index in [0.717, 1.165) is 0 Å². The molecule has 0 aliphatic heterocycles. The fourth-order valence-electron chi connectivity index (χ4n) is 1.48. The number of furan rings is 1. The Labute approximate surface area is 104 Å². The first-order valence-electron chi connectivity index (χ1n) is 5.33. The number of carbonyl (C=O) groups excluding carboxylic acids is 1. The Morgan fingerprint density at radius 3 is 2.67 bits per heavy atom. The summed E-state index contributed by atoms with van der Waals surface area (Å²) in [5.74, 6) is 0.145. The van der Waals surface area contributed by atoms with Crippen molar-refractivity contribution in [2.24, 2.45) is 0 Å². The van der Waals surface area contributed by atoms with Gasteiger partial charge in [0.2, 0.25) is 5.78 Å². The van der Waals surface area contributed by atoms with Crippen LogP contribution in [-0.2, 0) is 0 Å². The molecule has 0 saturated carbocycles. The number of hydrogen-bond donors (Lipinski definition) is 2. The summed E-state index contributed by atoms with van der Waals surface area (Å²) in [6, 6.07) is 9.55. The first-order valence-corrected chi connectivity index (χ1v) is 5.33. The molecule has 0 aliphatic rings. The van der Waals surface area contributed by atoms with E-state index in [-0.39, 0.29) is 29.4 Å². The molecule has 18 heavy (non-hydrogen) atoms. The maximum Gasteiger partial charge on any atom is 0.492 e. The highest BCUT2D eigenvalue weighted by atomic mass is 16.5. The Hall–Kier alpha value is -2.05. The molecule has 0 fully saturated rings. The molecule has 5 nitrogen and oxygen atoms in total. The Morgan fingerprint density at radius 1 is 1.22 bits per heavy atom. The number of ether oxygens (including phenoxy) is 1. The van der Waals surface area contributed by atoms with Gasteiger partial charge in [-0.3, -0.25) is 4.79 Å². The molecule has 2 N–H and O–H groups in total. The van der Waals surface area contributed by atoms with Crippen LogP contribution in [0.25, 0.3) is 0 Å². The van der Waals surface area contributed by atoms with Gasteiger partial charge < -0.3 is 19.2 Å². The minimum Gasteiger partial charge on any atom is -0.486 e. The second-order valence-corrected chi connectivity index (χ2v) is 3.60. The Morgan fingerprint density at radius 2 is 2.00 bits per heavy atom. The van der Waals surface area contributed by atoms with Crippen LogP contribution in [0.1, 0.15) is 10.6 Å². The van der Waals surface area contributed by atoms with Crippen LogP contribution in [0.3, 0.4) is 0 Å².